The fourth-order valence-corrected chi connectivity index (χ4v) is 4.68. The van der Waals surface area contributed by atoms with Gasteiger partial charge in [-0.25, -0.2) is 0 Å². The Hall–Kier alpha value is -1.90. The van der Waals surface area contributed by atoms with Gasteiger partial charge in [-0.15, -0.1) is 0 Å². The van der Waals surface area contributed by atoms with Crippen LogP contribution >= 0.6 is 23.2 Å². The standard InChI is InChI=1S/C13H20ClN3O.C12H18ClN3/c1-18-10-9-16-5-7-17(8-6-16)12-4-2-3-11(14)13(12)15;1-2-15-6-8-16(9-7-15)11-5-3-4-10(13)12(11)14/h2-4H,5-10,15H2,1H3;3-5H,2,6-9,14H2,1H3. The molecule has 188 valence electrons. The fourth-order valence-electron chi connectivity index (χ4n) is 4.34. The topological polar surface area (TPSA) is 74.2 Å². The quantitative estimate of drug-likeness (QED) is 0.575. The van der Waals surface area contributed by atoms with Gasteiger partial charge in [-0.3, -0.25) is 4.90 Å². The zero-order valence-corrected chi connectivity index (χ0v) is 21.9. The minimum absolute atomic E-state index is 0.634. The Balaban J connectivity index is 0.000000192. The minimum Gasteiger partial charge on any atom is -0.396 e. The third-order valence-electron chi connectivity index (χ3n) is 6.54. The first-order valence-corrected chi connectivity index (χ1v) is 12.7. The number of likely N-dealkylation sites (N-methyl/N-ethyl adjacent to an activating group) is 1. The molecule has 7 nitrogen and oxygen atoms in total. The van der Waals surface area contributed by atoms with E-state index in [0.29, 0.717) is 21.4 Å². The summed E-state index contributed by atoms with van der Waals surface area (Å²) >= 11 is 12.1. The summed E-state index contributed by atoms with van der Waals surface area (Å²) in [7, 11) is 1.74. The molecule has 0 aliphatic carbocycles. The van der Waals surface area contributed by atoms with E-state index in [1.807, 2.05) is 36.4 Å². The molecule has 2 aromatic carbocycles. The highest BCUT2D eigenvalue weighted by Gasteiger charge is 2.19. The summed E-state index contributed by atoms with van der Waals surface area (Å²) in [6, 6.07) is 11.7. The van der Waals surface area contributed by atoms with Gasteiger partial charge in [0.15, 0.2) is 0 Å². The van der Waals surface area contributed by atoms with Gasteiger partial charge in [0.05, 0.1) is 39.4 Å². The maximum Gasteiger partial charge on any atom is 0.0741 e. The molecule has 0 spiro atoms. The zero-order valence-electron chi connectivity index (χ0n) is 20.4. The summed E-state index contributed by atoms with van der Waals surface area (Å²) in [6.07, 6.45) is 0. The van der Waals surface area contributed by atoms with E-state index in [2.05, 4.69) is 26.5 Å². The van der Waals surface area contributed by atoms with Crippen molar-refractivity contribution in [1.82, 2.24) is 9.80 Å². The molecule has 2 aliphatic heterocycles. The lowest BCUT2D eigenvalue weighted by atomic mass is 10.2. The molecule has 2 fully saturated rings. The largest absolute Gasteiger partial charge is 0.396 e. The lowest BCUT2D eigenvalue weighted by Gasteiger charge is -2.36. The highest BCUT2D eigenvalue weighted by molar-refractivity contribution is 6.34. The van der Waals surface area contributed by atoms with Gasteiger partial charge in [0.25, 0.3) is 0 Å². The van der Waals surface area contributed by atoms with Gasteiger partial charge in [-0.05, 0) is 30.8 Å². The fraction of sp³-hybridized carbons (Fsp3) is 0.520. The maximum atomic E-state index is 6.05. The van der Waals surface area contributed by atoms with E-state index in [-0.39, 0.29) is 0 Å². The lowest BCUT2D eigenvalue weighted by molar-refractivity contribution is 0.144. The molecule has 0 bridgehead atoms. The molecule has 0 amide bonds. The van der Waals surface area contributed by atoms with E-state index in [0.717, 1.165) is 83.4 Å². The van der Waals surface area contributed by atoms with E-state index in [1.165, 1.54) is 0 Å². The molecule has 0 unspecified atom stereocenters. The SMILES string of the molecule is CCN1CCN(c2cccc(Cl)c2N)CC1.COCCN1CCN(c2cccc(Cl)c2N)CC1. The third kappa shape index (κ3) is 7.06. The average molecular weight is 510 g/mol. The van der Waals surface area contributed by atoms with Crippen LogP contribution in [-0.4, -0.2) is 89.0 Å². The summed E-state index contributed by atoms with van der Waals surface area (Å²) in [4.78, 5) is 9.45. The number of nitrogens with zero attached hydrogens (tertiary/aromatic N) is 4. The first kappa shape index (κ1) is 26.7. The molecule has 34 heavy (non-hydrogen) atoms. The molecule has 2 saturated heterocycles. The molecule has 2 aliphatic rings. The summed E-state index contributed by atoms with van der Waals surface area (Å²) in [5.74, 6) is 0. The van der Waals surface area contributed by atoms with Gasteiger partial charge < -0.3 is 30.9 Å². The molecule has 0 saturated carbocycles. The van der Waals surface area contributed by atoms with Crippen molar-refractivity contribution in [3.8, 4) is 0 Å². The van der Waals surface area contributed by atoms with Gasteiger partial charge in [0.2, 0.25) is 0 Å². The normalized spacial score (nSPS) is 17.4. The summed E-state index contributed by atoms with van der Waals surface area (Å²) in [5.41, 5.74) is 15.5. The van der Waals surface area contributed by atoms with E-state index >= 15 is 0 Å². The van der Waals surface area contributed by atoms with E-state index < -0.39 is 0 Å². The Morgan fingerprint density at radius 3 is 1.59 bits per heavy atom. The van der Waals surface area contributed by atoms with Crippen LogP contribution in [0.15, 0.2) is 36.4 Å². The Morgan fingerprint density at radius 1 is 0.735 bits per heavy atom. The number of methoxy groups -OCH3 is 1. The number of hydrogen-bond donors (Lipinski definition) is 2. The van der Waals surface area contributed by atoms with Gasteiger partial charge in [0.1, 0.15) is 0 Å². The summed E-state index contributed by atoms with van der Waals surface area (Å²) < 4.78 is 5.10. The summed E-state index contributed by atoms with van der Waals surface area (Å²) in [5, 5.41) is 1.28. The first-order chi connectivity index (χ1) is 16.4. The Bertz CT molecular complexity index is 899. The zero-order chi connectivity index (χ0) is 24.5. The molecule has 4 N–H and O–H groups in total. The number of hydrogen-bond acceptors (Lipinski definition) is 7. The van der Waals surface area contributed by atoms with Crippen molar-refractivity contribution < 1.29 is 4.74 Å². The predicted molar refractivity (Wildman–Crippen MR) is 147 cm³/mol. The summed E-state index contributed by atoms with van der Waals surface area (Å²) in [6.45, 7) is 13.4. The van der Waals surface area contributed by atoms with Crippen LogP contribution in [0.3, 0.4) is 0 Å². The maximum absolute atomic E-state index is 6.05. The van der Waals surface area contributed by atoms with E-state index in [4.69, 9.17) is 39.4 Å². The first-order valence-electron chi connectivity index (χ1n) is 12.0. The molecule has 2 heterocycles. The number of halogens is 2. The van der Waals surface area contributed by atoms with Crippen LogP contribution in [0.5, 0.6) is 0 Å². The average Bonchev–Trinajstić information content (AvgIpc) is 2.87. The molecule has 0 aromatic heterocycles. The monoisotopic (exact) mass is 508 g/mol. The van der Waals surface area contributed by atoms with Gasteiger partial charge in [-0.1, -0.05) is 42.3 Å². The Morgan fingerprint density at radius 2 is 1.18 bits per heavy atom. The van der Waals surface area contributed by atoms with Gasteiger partial charge in [0, 0.05) is 66.0 Å². The van der Waals surface area contributed by atoms with Crippen molar-refractivity contribution in [2.24, 2.45) is 0 Å². The van der Waals surface area contributed by atoms with Crippen LogP contribution in [0.25, 0.3) is 0 Å². The van der Waals surface area contributed by atoms with E-state index in [9.17, 15) is 0 Å². The number of anilines is 4. The van der Waals surface area contributed by atoms with Crippen LogP contribution in [0.4, 0.5) is 22.7 Å². The Labute approximate surface area is 214 Å². The van der Waals surface area contributed by atoms with Crippen LogP contribution < -0.4 is 21.3 Å². The van der Waals surface area contributed by atoms with Crippen molar-refractivity contribution in [2.75, 3.05) is 100 Å². The van der Waals surface area contributed by atoms with Crippen LogP contribution in [0.2, 0.25) is 10.0 Å². The molecular weight excluding hydrogens is 471 g/mol. The van der Waals surface area contributed by atoms with Crippen molar-refractivity contribution in [1.29, 1.82) is 0 Å². The van der Waals surface area contributed by atoms with Crippen molar-refractivity contribution in [3.05, 3.63) is 46.4 Å². The highest BCUT2D eigenvalue weighted by Crippen LogP contribution is 2.31. The van der Waals surface area contributed by atoms with Crippen molar-refractivity contribution in [2.45, 2.75) is 6.92 Å². The van der Waals surface area contributed by atoms with Crippen LogP contribution in [0, 0.1) is 0 Å². The number of nitrogens with two attached hydrogens (primary N) is 2. The predicted octanol–water partition coefficient (Wildman–Crippen LogP) is 3.75. The van der Waals surface area contributed by atoms with Crippen LogP contribution in [-0.2, 0) is 4.74 Å². The number of piperazine rings is 2. The van der Waals surface area contributed by atoms with Gasteiger partial charge >= 0.3 is 0 Å². The third-order valence-corrected chi connectivity index (χ3v) is 7.20. The second-order valence-corrected chi connectivity index (χ2v) is 9.40. The molecule has 4 rings (SSSR count). The highest BCUT2D eigenvalue weighted by atomic mass is 35.5. The Kier molecular flexibility index (Phi) is 10.4. The smallest absolute Gasteiger partial charge is 0.0741 e. The number of ether oxygens (including phenoxy) is 1. The van der Waals surface area contributed by atoms with E-state index in [1.54, 1.807) is 7.11 Å². The molecule has 0 atom stereocenters. The van der Waals surface area contributed by atoms with Crippen molar-refractivity contribution in [3.63, 3.8) is 0 Å². The number of nitrogen functional groups attached to an aromatic ring is 2. The second-order valence-electron chi connectivity index (χ2n) is 8.59. The second kappa shape index (κ2) is 13.3. The molecular formula is C25H38Cl2N6O. The lowest BCUT2D eigenvalue weighted by Crippen LogP contribution is -2.47. The number of rotatable bonds is 6. The van der Waals surface area contributed by atoms with Crippen LogP contribution in [0.1, 0.15) is 6.92 Å². The van der Waals surface area contributed by atoms with Gasteiger partial charge in [-0.2, -0.15) is 0 Å². The molecule has 0 radical (unpaired) electrons. The number of para-hydroxylation sites is 2. The minimum atomic E-state index is 0.634. The number of benzene rings is 2. The molecule has 9 heteroatoms. The van der Waals surface area contributed by atoms with Crippen molar-refractivity contribution >= 4 is 46.0 Å². The molecule has 2 aromatic rings.